The fourth-order valence-corrected chi connectivity index (χ4v) is 3.88. The normalized spacial score (nSPS) is 13.6. The molecule has 2 aromatic rings. The Bertz CT molecular complexity index is 720. The zero-order chi connectivity index (χ0) is 19.0. The zero-order valence-electron chi connectivity index (χ0n) is 16.1. The summed E-state index contributed by atoms with van der Waals surface area (Å²) in [6, 6.07) is 21.0. The molecular weight excluding hydrogens is 340 g/mol. The summed E-state index contributed by atoms with van der Waals surface area (Å²) in [6.07, 6.45) is 1.79. The minimum absolute atomic E-state index is 0.205. The second-order valence-electron chi connectivity index (χ2n) is 7.18. The summed E-state index contributed by atoms with van der Waals surface area (Å²) in [5.41, 5.74) is 1.76. The first kappa shape index (κ1) is 20.5. The Hall–Kier alpha value is -1.82. The summed E-state index contributed by atoms with van der Waals surface area (Å²) in [6.45, 7) is 9.36. The van der Waals surface area contributed by atoms with Gasteiger partial charge in [-0.1, -0.05) is 80.9 Å². The van der Waals surface area contributed by atoms with Crippen LogP contribution in [0.15, 0.2) is 54.6 Å². The molecule has 1 atom stereocenters. The second kappa shape index (κ2) is 9.76. The Kier molecular flexibility index (Phi) is 7.69. The highest BCUT2D eigenvalue weighted by atomic mass is 35.5. The Labute approximate surface area is 163 Å². The predicted molar refractivity (Wildman–Crippen MR) is 110 cm³/mol. The van der Waals surface area contributed by atoms with Gasteiger partial charge in [0, 0.05) is 11.6 Å². The maximum absolute atomic E-state index is 10.1. The molecule has 2 rings (SSSR count). The van der Waals surface area contributed by atoms with Crippen molar-refractivity contribution in [2.75, 3.05) is 13.1 Å². The molecule has 0 spiro atoms. The van der Waals surface area contributed by atoms with Gasteiger partial charge in [-0.25, -0.2) is 0 Å². The van der Waals surface area contributed by atoms with Crippen molar-refractivity contribution in [2.45, 2.75) is 45.6 Å². The van der Waals surface area contributed by atoms with E-state index in [1.807, 2.05) is 30.3 Å². The fourth-order valence-electron chi connectivity index (χ4n) is 3.57. The standard InChI is InChI=1S/C23H29ClN2/c1-4-26(17-20-11-6-5-7-12-20)16-10-15-23(18-25,19(2)3)21-13-8-9-14-22(21)24/h5-9,11-14,19H,4,10,15-17H2,1-3H3. The lowest BCUT2D eigenvalue weighted by Gasteiger charge is -2.33. The van der Waals surface area contributed by atoms with Crippen molar-refractivity contribution in [2.24, 2.45) is 5.92 Å². The van der Waals surface area contributed by atoms with Crippen LogP contribution in [0.4, 0.5) is 0 Å². The van der Waals surface area contributed by atoms with E-state index in [1.165, 1.54) is 5.56 Å². The molecule has 0 heterocycles. The van der Waals surface area contributed by atoms with Crippen LogP contribution < -0.4 is 0 Å². The molecule has 2 aromatic carbocycles. The third-order valence-electron chi connectivity index (χ3n) is 5.28. The van der Waals surface area contributed by atoms with Gasteiger partial charge in [0.05, 0.1) is 11.5 Å². The fraction of sp³-hybridized carbons (Fsp3) is 0.435. The first-order valence-corrected chi connectivity index (χ1v) is 9.83. The van der Waals surface area contributed by atoms with E-state index < -0.39 is 5.41 Å². The van der Waals surface area contributed by atoms with E-state index in [2.05, 4.69) is 56.0 Å². The number of hydrogen-bond acceptors (Lipinski definition) is 2. The minimum atomic E-state index is -0.537. The summed E-state index contributed by atoms with van der Waals surface area (Å²) in [5, 5.41) is 10.8. The van der Waals surface area contributed by atoms with Gasteiger partial charge in [-0.15, -0.1) is 0 Å². The third-order valence-corrected chi connectivity index (χ3v) is 5.61. The monoisotopic (exact) mass is 368 g/mol. The highest BCUT2D eigenvalue weighted by molar-refractivity contribution is 6.31. The SMILES string of the molecule is CCN(CCCC(C#N)(c1ccccc1Cl)C(C)C)Cc1ccccc1. The maximum atomic E-state index is 10.1. The van der Waals surface area contributed by atoms with E-state index in [0.29, 0.717) is 5.02 Å². The van der Waals surface area contributed by atoms with Crippen LogP contribution in [0, 0.1) is 17.2 Å². The molecule has 26 heavy (non-hydrogen) atoms. The molecule has 0 fully saturated rings. The van der Waals surface area contributed by atoms with Crippen LogP contribution in [-0.2, 0) is 12.0 Å². The number of halogens is 1. The molecule has 0 aromatic heterocycles. The van der Waals surface area contributed by atoms with Crippen LogP contribution in [0.5, 0.6) is 0 Å². The van der Waals surface area contributed by atoms with Crippen LogP contribution in [0.1, 0.15) is 44.7 Å². The topological polar surface area (TPSA) is 27.0 Å². The first-order valence-electron chi connectivity index (χ1n) is 9.46. The molecule has 0 saturated carbocycles. The lowest BCUT2D eigenvalue weighted by Crippen LogP contribution is -2.33. The van der Waals surface area contributed by atoms with Gasteiger partial charge in [-0.05, 0) is 49.0 Å². The van der Waals surface area contributed by atoms with Gasteiger partial charge in [0.25, 0.3) is 0 Å². The highest BCUT2D eigenvalue weighted by Crippen LogP contribution is 2.40. The summed E-state index contributed by atoms with van der Waals surface area (Å²) < 4.78 is 0. The number of rotatable bonds is 9. The largest absolute Gasteiger partial charge is 0.299 e. The van der Waals surface area contributed by atoms with Crippen LogP contribution in [-0.4, -0.2) is 18.0 Å². The van der Waals surface area contributed by atoms with E-state index in [4.69, 9.17) is 11.6 Å². The van der Waals surface area contributed by atoms with Gasteiger partial charge in [0.2, 0.25) is 0 Å². The van der Waals surface area contributed by atoms with Gasteiger partial charge in [-0.3, -0.25) is 4.90 Å². The van der Waals surface area contributed by atoms with Crippen molar-refractivity contribution in [3.8, 4) is 6.07 Å². The summed E-state index contributed by atoms with van der Waals surface area (Å²) in [4.78, 5) is 2.43. The Morgan fingerprint density at radius 2 is 1.73 bits per heavy atom. The molecule has 2 nitrogen and oxygen atoms in total. The average molecular weight is 369 g/mol. The van der Waals surface area contributed by atoms with Gasteiger partial charge in [0.1, 0.15) is 0 Å². The van der Waals surface area contributed by atoms with E-state index in [1.54, 1.807) is 0 Å². The predicted octanol–water partition coefficient (Wildman–Crippen LogP) is 6.06. The van der Waals surface area contributed by atoms with E-state index in [9.17, 15) is 5.26 Å². The van der Waals surface area contributed by atoms with Crippen molar-refractivity contribution in [3.63, 3.8) is 0 Å². The third kappa shape index (κ3) is 4.87. The minimum Gasteiger partial charge on any atom is -0.299 e. The lowest BCUT2D eigenvalue weighted by atomic mass is 9.70. The Morgan fingerprint density at radius 1 is 1.08 bits per heavy atom. The zero-order valence-corrected chi connectivity index (χ0v) is 16.8. The molecular formula is C23H29ClN2. The van der Waals surface area contributed by atoms with Gasteiger partial charge in [-0.2, -0.15) is 5.26 Å². The van der Waals surface area contributed by atoms with Crippen molar-refractivity contribution >= 4 is 11.6 Å². The van der Waals surface area contributed by atoms with Gasteiger partial charge >= 0.3 is 0 Å². The van der Waals surface area contributed by atoms with E-state index in [0.717, 1.165) is 38.0 Å². The summed E-state index contributed by atoms with van der Waals surface area (Å²) in [7, 11) is 0. The van der Waals surface area contributed by atoms with Crippen molar-refractivity contribution in [1.82, 2.24) is 4.90 Å². The maximum Gasteiger partial charge on any atom is 0.0859 e. The van der Waals surface area contributed by atoms with Crippen molar-refractivity contribution in [1.29, 1.82) is 5.26 Å². The molecule has 0 saturated heterocycles. The first-order chi connectivity index (χ1) is 12.5. The number of nitrogens with zero attached hydrogens (tertiary/aromatic N) is 2. The molecule has 138 valence electrons. The molecule has 0 bridgehead atoms. The van der Waals surface area contributed by atoms with Crippen molar-refractivity contribution in [3.05, 3.63) is 70.7 Å². The lowest BCUT2D eigenvalue weighted by molar-refractivity contribution is 0.255. The van der Waals surface area contributed by atoms with Gasteiger partial charge < -0.3 is 0 Å². The van der Waals surface area contributed by atoms with Crippen LogP contribution >= 0.6 is 11.6 Å². The van der Waals surface area contributed by atoms with E-state index in [-0.39, 0.29) is 5.92 Å². The summed E-state index contributed by atoms with van der Waals surface area (Å²) >= 11 is 6.45. The molecule has 0 aliphatic heterocycles. The molecule has 0 N–H and O–H groups in total. The van der Waals surface area contributed by atoms with Gasteiger partial charge in [0.15, 0.2) is 0 Å². The number of hydrogen-bond donors (Lipinski definition) is 0. The molecule has 0 aliphatic carbocycles. The Morgan fingerprint density at radius 3 is 2.31 bits per heavy atom. The molecule has 3 heteroatoms. The average Bonchev–Trinajstić information content (AvgIpc) is 2.66. The van der Waals surface area contributed by atoms with E-state index >= 15 is 0 Å². The quantitative estimate of drug-likeness (QED) is 0.537. The second-order valence-corrected chi connectivity index (χ2v) is 7.58. The summed E-state index contributed by atoms with van der Waals surface area (Å²) in [5.74, 6) is 0.205. The smallest absolute Gasteiger partial charge is 0.0859 e. The Balaban J connectivity index is 2.08. The van der Waals surface area contributed by atoms with Crippen LogP contribution in [0.3, 0.4) is 0 Å². The molecule has 0 aliphatic rings. The van der Waals surface area contributed by atoms with Crippen LogP contribution in [0.25, 0.3) is 0 Å². The molecule has 0 radical (unpaired) electrons. The number of benzene rings is 2. The highest BCUT2D eigenvalue weighted by Gasteiger charge is 2.37. The molecule has 1 unspecified atom stereocenters. The molecule has 0 amide bonds. The van der Waals surface area contributed by atoms with Crippen LogP contribution in [0.2, 0.25) is 5.02 Å². The number of nitriles is 1. The van der Waals surface area contributed by atoms with Crippen molar-refractivity contribution < 1.29 is 0 Å².